The van der Waals surface area contributed by atoms with E-state index < -0.39 is 5.82 Å². The van der Waals surface area contributed by atoms with Crippen LogP contribution in [0, 0.1) is 12.7 Å². The van der Waals surface area contributed by atoms with Crippen LogP contribution in [0.3, 0.4) is 0 Å². The molecule has 0 bridgehead atoms. The number of aryl methyl sites for hydroxylation is 1. The molecule has 0 spiro atoms. The molecule has 1 N–H and O–H groups in total. The van der Waals surface area contributed by atoms with E-state index in [9.17, 15) is 9.18 Å². The maximum absolute atomic E-state index is 13.6. The van der Waals surface area contributed by atoms with Gasteiger partial charge in [0, 0.05) is 11.9 Å². The van der Waals surface area contributed by atoms with Gasteiger partial charge in [0.15, 0.2) is 0 Å². The molecule has 0 aliphatic carbocycles. The van der Waals surface area contributed by atoms with Crippen molar-refractivity contribution in [2.45, 2.75) is 32.1 Å². The van der Waals surface area contributed by atoms with E-state index in [4.69, 9.17) is 11.6 Å². The maximum atomic E-state index is 13.6. The second-order valence-electron chi connectivity index (χ2n) is 3.99. The van der Waals surface area contributed by atoms with Gasteiger partial charge >= 0.3 is 0 Å². The molecule has 1 aromatic rings. The predicted octanol–water partition coefficient (Wildman–Crippen LogP) is 3.27. The van der Waals surface area contributed by atoms with Crippen LogP contribution in [0.25, 0.3) is 0 Å². The van der Waals surface area contributed by atoms with Gasteiger partial charge in [-0.1, -0.05) is 19.1 Å². The SMILES string of the molecule is CCC(Cl)CCNC(=O)c1cccc(C)c1F. The van der Waals surface area contributed by atoms with Gasteiger partial charge in [-0.3, -0.25) is 4.79 Å². The molecule has 1 amide bonds. The average molecular weight is 258 g/mol. The number of hydrogen-bond donors (Lipinski definition) is 1. The quantitative estimate of drug-likeness (QED) is 0.806. The molecule has 0 heterocycles. The van der Waals surface area contributed by atoms with Crippen LogP contribution in [0.15, 0.2) is 18.2 Å². The van der Waals surface area contributed by atoms with Crippen molar-refractivity contribution < 1.29 is 9.18 Å². The molecule has 1 rings (SSSR count). The van der Waals surface area contributed by atoms with Crippen molar-refractivity contribution in [3.8, 4) is 0 Å². The highest BCUT2D eigenvalue weighted by atomic mass is 35.5. The number of alkyl halides is 1. The molecule has 0 radical (unpaired) electrons. The summed E-state index contributed by atoms with van der Waals surface area (Å²) in [5.74, 6) is -0.839. The van der Waals surface area contributed by atoms with E-state index in [-0.39, 0.29) is 16.8 Å². The summed E-state index contributed by atoms with van der Waals surface area (Å²) in [5, 5.41) is 2.72. The van der Waals surface area contributed by atoms with E-state index in [1.807, 2.05) is 6.92 Å². The fourth-order valence-electron chi connectivity index (χ4n) is 1.46. The molecule has 1 unspecified atom stereocenters. The first-order valence-corrected chi connectivity index (χ1v) is 6.17. The minimum Gasteiger partial charge on any atom is -0.352 e. The van der Waals surface area contributed by atoms with Crippen LogP contribution in [0.2, 0.25) is 0 Å². The molecule has 0 aliphatic rings. The van der Waals surface area contributed by atoms with Crippen LogP contribution < -0.4 is 5.32 Å². The molecule has 0 saturated heterocycles. The summed E-state index contributed by atoms with van der Waals surface area (Å²) in [5.41, 5.74) is 0.564. The van der Waals surface area contributed by atoms with Crippen LogP contribution in [0.5, 0.6) is 0 Å². The number of rotatable bonds is 5. The first kappa shape index (κ1) is 14.0. The lowest BCUT2D eigenvalue weighted by Gasteiger charge is -2.09. The minimum absolute atomic E-state index is 0.0534. The van der Waals surface area contributed by atoms with Crippen LogP contribution in [-0.2, 0) is 0 Å². The normalized spacial score (nSPS) is 12.2. The first-order chi connectivity index (χ1) is 8.06. The zero-order valence-corrected chi connectivity index (χ0v) is 10.9. The van der Waals surface area contributed by atoms with Gasteiger partial charge in [0.25, 0.3) is 5.91 Å². The second-order valence-corrected chi connectivity index (χ2v) is 4.60. The van der Waals surface area contributed by atoms with Crippen LogP contribution in [0.1, 0.15) is 35.7 Å². The molecule has 17 heavy (non-hydrogen) atoms. The molecule has 94 valence electrons. The topological polar surface area (TPSA) is 29.1 Å². The number of carbonyl (C=O) groups is 1. The van der Waals surface area contributed by atoms with Crippen LogP contribution in [-0.4, -0.2) is 17.8 Å². The van der Waals surface area contributed by atoms with E-state index in [1.54, 1.807) is 19.1 Å². The van der Waals surface area contributed by atoms with Crippen molar-refractivity contribution in [1.29, 1.82) is 0 Å². The Bertz CT molecular complexity index is 395. The van der Waals surface area contributed by atoms with Gasteiger partial charge < -0.3 is 5.32 Å². The molecular formula is C13H17ClFNO. The highest BCUT2D eigenvalue weighted by Crippen LogP contribution is 2.12. The average Bonchev–Trinajstić information content (AvgIpc) is 2.32. The Balaban J connectivity index is 2.56. The third kappa shape index (κ3) is 4.00. The van der Waals surface area contributed by atoms with Gasteiger partial charge in [0.2, 0.25) is 0 Å². The lowest BCUT2D eigenvalue weighted by atomic mass is 10.1. The summed E-state index contributed by atoms with van der Waals surface area (Å²) in [6.45, 7) is 4.09. The second kappa shape index (κ2) is 6.60. The predicted molar refractivity (Wildman–Crippen MR) is 68.0 cm³/mol. The summed E-state index contributed by atoms with van der Waals surface area (Å²) >= 11 is 5.93. The minimum atomic E-state index is -0.456. The zero-order valence-electron chi connectivity index (χ0n) is 10.1. The Morgan fingerprint density at radius 2 is 2.24 bits per heavy atom. The number of benzene rings is 1. The van der Waals surface area contributed by atoms with Gasteiger partial charge in [0.05, 0.1) is 5.56 Å². The number of nitrogens with one attached hydrogen (secondary N) is 1. The zero-order chi connectivity index (χ0) is 12.8. The van der Waals surface area contributed by atoms with Crippen molar-refractivity contribution in [1.82, 2.24) is 5.32 Å². The Morgan fingerprint density at radius 3 is 2.88 bits per heavy atom. The van der Waals surface area contributed by atoms with Crippen molar-refractivity contribution in [2.75, 3.05) is 6.54 Å². The third-order valence-corrected chi connectivity index (χ3v) is 3.15. The molecule has 4 heteroatoms. The smallest absolute Gasteiger partial charge is 0.254 e. The Morgan fingerprint density at radius 1 is 1.53 bits per heavy atom. The lowest BCUT2D eigenvalue weighted by molar-refractivity contribution is 0.0949. The molecule has 2 nitrogen and oxygen atoms in total. The van der Waals surface area contributed by atoms with Crippen molar-refractivity contribution >= 4 is 17.5 Å². The summed E-state index contributed by atoms with van der Waals surface area (Å²) in [4.78, 5) is 11.7. The highest BCUT2D eigenvalue weighted by Gasteiger charge is 2.12. The molecule has 0 aromatic heterocycles. The number of amides is 1. The van der Waals surface area contributed by atoms with E-state index >= 15 is 0 Å². The fraction of sp³-hybridized carbons (Fsp3) is 0.462. The van der Waals surface area contributed by atoms with Gasteiger partial charge in [-0.05, 0) is 31.4 Å². The van der Waals surface area contributed by atoms with Gasteiger partial charge in [-0.2, -0.15) is 0 Å². The number of halogens is 2. The summed E-state index contributed by atoms with van der Waals surface area (Å²) in [6.07, 6.45) is 1.55. The number of carbonyl (C=O) groups excluding carboxylic acids is 1. The summed E-state index contributed by atoms with van der Waals surface area (Å²) < 4.78 is 13.6. The van der Waals surface area contributed by atoms with E-state index in [0.717, 1.165) is 6.42 Å². The van der Waals surface area contributed by atoms with Gasteiger partial charge in [-0.15, -0.1) is 11.6 Å². The first-order valence-electron chi connectivity index (χ1n) is 5.73. The largest absolute Gasteiger partial charge is 0.352 e. The Kier molecular flexibility index (Phi) is 5.42. The molecule has 0 saturated carbocycles. The van der Waals surface area contributed by atoms with Crippen molar-refractivity contribution in [3.63, 3.8) is 0 Å². The molecule has 0 fully saturated rings. The van der Waals surface area contributed by atoms with Gasteiger partial charge in [0.1, 0.15) is 5.82 Å². The molecular weight excluding hydrogens is 241 g/mol. The molecule has 1 atom stereocenters. The summed E-state index contributed by atoms with van der Waals surface area (Å²) in [7, 11) is 0. The van der Waals surface area contributed by atoms with Gasteiger partial charge in [-0.25, -0.2) is 4.39 Å². The standard InChI is InChI=1S/C13H17ClFNO/c1-3-10(14)7-8-16-13(17)11-6-4-5-9(2)12(11)15/h4-6,10H,3,7-8H2,1-2H3,(H,16,17). The van der Waals surface area contributed by atoms with Crippen molar-refractivity contribution in [3.05, 3.63) is 35.1 Å². The highest BCUT2D eigenvalue weighted by molar-refractivity contribution is 6.20. The van der Waals surface area contributed by atoms with Crippen molar-refractivity contribution in [2.24, 2.45) is 0 Å². The Labute approximate surface area is 106 Å². The fourth-order valence-corrected chi connectivity index (χ4v) is 1.57. The van der Waals surface area contributed by atoms with E-state index in [2.05, 4.69) is 5.32 Å². The molecule has 0 aliphatic heterocycles. The molecule has 1 aromatic carbocycles. The maximum Gasteiger partial charge on any atom is 0.254 e. The van der Waals surface area contributed by atoms with E-state index in [1.165, 1.54) is 6.07 Å². The monoisotopic (exact) mass is 257 g/mol. The van der Waals surface area contributed by atoms with Crippen LogP contribution in [0.4, 0.5) is 4.39 Å². The number of hydrogen-bond acceptors (Lipinski definition) is 1. The third-order valence-electron chi connectivity index (χ3n) is 2.62. The lowest BCUT2D eigenvalue weighted by Crippen LogP contribution is -2.27. The van der Waals surface area contributed by atoms with Crippen LogP contribution >= 0.6 is 11.6 Å². The summed E-state index contributed by atoms with van der Waals surface area (Å²) in [6, 6.07) is 4.79. The Hall–Kier alpha value is -1.09. The van der Waals surface area contributed by atoms with E-state index in [0.29, 0.717) is 18.5 Å².